The van der Waals surface area contributed by atoms with Gasteiger partial charge in [-0.1, -0.05) is 50.6 Å². The summed E-state index contributed by atoms with van der Waals surface area (Å²) in [6.07, 6.45) is 3.46. The van der Waals surface area contributed by atoms with Crippen LogP contribution in [0.4, 0.5) is 0 Å². The maximum atomic E-state index is 3.79. The van der Waals surface area contributed by atoms with E-state index in [0.29, 0.717) is 6.04 Å². The van der Waals surface area contributed by atoms with Gasteiger partial charge in [0, 0.05) is 5.54 Å². The molecule has 0 heterocycles. The lowest BCUT2D eigenvalue weighted by Crippen LogP contribution is -2.53. The summed E-state index contributed by atoms with van der Waals surface area (Å²) >= 11 is 0. The van der Waals surface area contributed by atoms with Crippen molar-refractivity contribution in [3.05, 3.63) is 35.4 Å². The molecule has 20 heavy (non-hydrogen) atoms. The second-order valence-corrected chi connectivity index (χ2v) is 6.00. The van der Waals surface area contributed by atoms with Crippen molar-refractivity contribution in [2.45, 2.75) is 58.5 Å². The first-order chi connectivity index (χ1) is 9.51. The Morgan fingerprint density at radius 2 is 1.60 bits per heavy atom. The highest BCUT2D eigenvalue weighted by Crippen LogP contribution is 2.36. The highest BCUT2D eigenvalue weighted by Gasteiger charge is 2.38. The van der Waals surface area contributed by atoms with Gasteiger partial charge in [0.15, 0.2) is 0 Å². The van der Waals surface area contributed by atoms with Crippen molar-refractivity contribution >= 4 is 0 Å². The summed E-state index contributed by atoms with van der Waals surface area (Å²) in [5, 5.41) is 3.79. The Morgan fingerprint density at radius 1 is 1.05 bits per heavy atom. The summed E-state index contributed by atoms with van der Waals surface area (Å²) in [5.74, 6) is 0. The van der Waals surface area contributed by atoms with Gasteiger partial charge in [-0.25, -0.2) is 0 Å². The molecule has 0 aliphatic carbocycles. The molecule has 1 atom stereocenters. The van der Waals surface area contributed by atoms with Crippen molar-refractivity contribution in [1.29, 1.82) is 0 Å². The summed E-state index contributed by atoms with van der Waals surface area (Å²) in [6, 6.07) is 9.40. The number of hydrogen-bond acceptors (Lipinski definition) is 2. The zero-order valence-corrected chi connectivity index (χ0v) is 14.2. The zero-order chi connectivity index (χ0) is 15.2. The third-order valence-corrected chi connectivity index (χ3v) is 4.66. The van der Waals surface area contributed by atoms with E-state index >= 15 is 0 Å². The molecule has 0 aliphatic heterocycles. The normalized spacial score (nSPS) is 13.8. The van der Waals surface area contributed by atoms with Crippen LogP contribution in [0, 0.1) is 6.92 Å². The number of benzene rings is 1. The zero-order valence-electron chi connectivity index (χ0n) is 14.2. The van der Waals surface area contributed by atoms with Crippen molar-refractivity contribution < 1.29 is 0 Å². The lowest BCUT2D eigenvalue weighted by Gasteiger charge is -2.46. The SMILES string of the molecule is CCCNC(c1ccc(C)cc1)C(CC)(CC)N(C)C. The van der Waals surface area contributed by atoms with Crippen molar-refractivity contribution in [2.24, 2.45) is 0 Å². The van der Waals surface area contributed by atoms with E-state index in [2.05, 4.69) is 76.3 Å². The van der Waals surface area contributed by atoms with Crippen LogP contribution in [0.5, 0.6) is 0 Å². The van der Waals surface area contributed by atoms with Gasteiger partial charge in [-0.05, 0) is 52.4 Å². The van der Waals surface area contributed by atoms with E-state index in [9.17, 15) is 0 Å². The fourth-order valence-corrected chi connectivity index (χ4v) is 3.21. The molecule has 2 heteroatoms. The number of nitrogens with zero attached hydrogens (tertiary/aromatic N) is 1. The van der Waals surface area contributed by atoms with Crippen LogP contribution in [0.1, 0.15) is 57.2 Å². The van der Waals surface area contributed by atoms with Crippen LogP contribution in [0.3, 0.4) is 0 Å². The topological polar surface area (TPSA) is 15.3 Å². The van der Waals surface area contributed by atoms with Crippen LogP contribution in [-0.4, -0.2) is 31.1 Å². The second kappa shape index (κ2) is 7.80. The number of nitrogens with one attached hydrogen (secondary N) is 1. The Labute approximate surface area is 125 Å². The van der Waals surface area contributed by atoms with Gasteiger partial charge < -0.3 is 10.2 Å². The summed E-state index contributed by atoms with van der Waals surface area (Å²) in [4.78, 5) is 2.40. The third kappa shape index (κ3) is 3.62. The van der Waals surface area contributed by atoms with Gasteiger partial charge in [-0.3, -0.25) is 0 Å². The standard InChI is InChI=1S/C18H32N2/c1-7-14-19-17(16-12-10-15(4)11-13-16)18(8-2,9-3)20(5)6/h10-13,17,19H,7-9,14H2,1-6H3. The van der Waals surface area contributed by atoms with E-state index in [1.807, 2.05) is 0 Å². The van der Waals surface area contributed by atoms with E-state index in [1.54, 1.807) is 0 Å². The van der Waals surface area contributed by atoms with E-state index in [0.717, 1.165) is 19.4 Å². The highest BCUT2D eigenvalue weighted by molar-refractivity contribution is 5.27. The van der Waals surface area contributed by atoms with Crippen LogP contribution in [0.15, 0.2) is 24.3 Å². The quantitative estimate of drug-likeness (QED) is 0.767. The lowest BCUT2D eigenvalue weighted by molar-refractivity contribution is 0.0881. The molecular formula is C18H32N2. The average Bonchev–Trinajstić information content (AvgIpc) is 2.44. The largest absolute Gasteiger partial charge is 0.308 e. The van der Waals surface area contributed by atoms with Gasteiger partial charge in [-0.15, -0.1) is 0 Å². The molecular weight excluding hydrogens is 244 g/mol. The second-order valence-electron chi connectivity index (χ2n) is 6.00. The molecule has 0 aromatic heterocycles. The molecule has 0 radical (unpaired) electrons. The molecule has 0 saturated carbocycles. The molecule has 1 aromatic rings. The van der Waals surface area contributed by atoms with Crippen molar-refractivity contribution in [3.8, 4) is 0 Å². The molecule has 114 valence electrons. The molecule has 2 nitrogen and oxygen atoms in total. The van der Waals surface area contributed by atoms with Crippen molar-refractivity contribution in [1.82, 2.24) is 10.2 Å². The summed E-state index contributed by atoms with van der Waals surface area (Å²) in [5.41, 5.74) is 2.90. The smallest absolute Gasteiger partial charge is 0.0506 e. The minimum atomic E-state index is 0.171. The molecule has 0 aliphatic rings. The summed E-state index contributed by atoms with van der Waals surface area (Å²) in [7, 11) is 4.42. The Balaban J connectivity index is 3.18. The monoisotopic (exact) mass is 276 g/mol. The van der Waals surface area contributed by atoms with Gasteiger partial charge in [0.2, 0.25) is 0 Å². The van der Waals surface area contributed by atoms with Gasteiger partial charge in [-0.2, -0.15) is 0 Å². The minimum Gasteiger partial charge on any atom is -0.308 e. The fraction of sp³-hybridized carbons (Fsp3) is 0.667. The molecule has 0 amide bonds. The maximum Gasteiger partial charge on any atom is 0.0506 e. The first kappa shape index (κ1) is 17.2. The Hall–Kier alpha value is -0.860. The molecule has 0 bridgehead atoms. The molecule has 1 unspecified atom stereocenters. The van der Waals surface area contributed by atoms with Crippen molar-refractivity contribution in [2.75, 3.05) is 20.6 Å². The van der Waals surface area contributed by atoms with Gasteiger partial charge >= 0.3 is 0 Å². The highest BCUT2D eigenvalue weighted by atomic mass is 15.2. The summed E-state index contributed by atoms with van der Waals surface area (Å²) in [6.45, 7) is 10.1. The Bertz CT molecular complexity index is 377. The number of likely N-dealkylation sites (N-methyl/N-ethyl adjacent to an activating group) is 1. The van der Waals surface area contributed by atoms with E-state index in [-0.39, 0.29) is 5.54 Å². The van der Waals surface area contributed by atoms with Crippen LogP contribution in [0.2, 0.25) is 0 Å². The first-order valence-electron chi connectivity index (χ1n) is 7.99. The molecule has 0 fully saturated rings. The van der Waals surface area contributed by atoms with Crippen LogP contribution in [0.25, 0.3) is 0 Å². The fourth-order valence-electron chi connectivity index (χ4n) is 3.21. The van der Waals surface area contributed by atoms with Crippen LogP contribution < -0.4 is 5.32 Å². The number of hydrogen-bond donors (Lipinski definition) is 1. The molecule has 0 spiro atoms. The van der Waals surface area contributed by atoms with Crippen LogP contribution >= 0.6 is 0 Å². The molecule has 1 rings (SSSR count). The Kier molecular flexibility index (Phi) is 6.70. The lowest BCUT2D eigenvalue weighted by atomic mass is 9.79. The maximum absolute atomic E-state index is 3.79. The number of aryl methyl sites for hydroxylation is 1. The molecule has 0 saturated heterocycles. The van der Waals surface area contributed by atoms with Gasteiger partial charge in [0.1, 0.15) is 0 Å². The third-order valence-electron chi connectivity index (χ3n) is 4.66. The number of rotatable bonds is 8. The van der Waals surface area contributed by atoms with Gasteiger partial charge in [0.05, 0.1) is 6.04 Å². The minimum absolute atomic E-state index is 0.171. The average molecular weight is 276 g/mol. The summed E-state index contributed by atoms with van der Waals surface area (Å²) < 4.78 is 0. The first-order valence-corrected chi connectivity index (χ1v) is 7.99. The molecule has 1 N–H and O–H groups in total. The molecule has 1 aromatic carbocycles. The Morgan fingerprint density at radius 3 is 2.00 bits per heavy atom. The van der Waals surface area contributed by atoms with Crippen LogP contribution in [-0.2, 0) is 0 Å². The van der Waals surface area contributed by atoms with E-state index in [1.165, 1.54) is 17.5 Å². The predicted molar refractivity (Wildman–Crippen MR) is 89.2 cm³/mol. The van der Waals surface area contributed by atoms with Crippen molar-refractivity contribution in [3.63, 3.8) is 0 Å². The van der Waals surface area contributed by atoms with E-state index in [4.69, 9.17) is 0 Å². The van der Waals surface area contributed by atoms with Gasteiger partial charge in [0.25, 0.3) is 0 Å². The predicted octanol–water partition coefficient (Wildman–Crippen LogP) is 4.16. The van der Waals surface area contributed by atoms with E-state index < -0.39 is 0 Å².